The summed E-state index contributed by atoms with van der Waals surface area (Å²) < 4.78 is 0. The van der Waals surface area contributed by atoms with Gasteiger partial charge in [0.1, 0.15) is 0 Å². The van der Waals surface area contributed by atoms with Gasteiger partial charge in [-0.05, 0) is 31.1 Å². The summed E-state index contributed by atoms with van der Waals surface area (Å²) in [6.45, 7) is 4.92. The molecule has 0 aliphatic heterocycles. The summed E-state index contributed by atoms with van der Waals surface area (Å²) in [5, 5.41) is 21.2. The molecule has 1 saturated carbocycles. The van der Waals surface area contributed by atoms with Crippen LogP contribution in [0.5, 0.6) is 0 Å². The molecule has 4 heteroatoms. The van der Waals surface area contributed by atoms with Crippen molar-refractivity contribution in [1.82, 2.24) is 5.32 Å². The Balaban J connectivity index is 2.20. The monoisotopic (exact) mass is 229 g/mol. The van der Waals surface area contributed by atoms with Crippen molar-refractivity contribution < 1.29 is 15.0 Å². The number of carboxylic acid groups (broad SMARTS) is 1. The summed E-state index contributed by atoms with van der Waals surface area (Å²) in [5.74, 6) is 0.546. The van der Waals surface area contributed by atoms with E-state index in [1.807, 2.05) is 0 Å². The molecular formula is C12H23NO3. The minimum absolute atomic E-state index is 0.175. The van der Waals surface area contributed by atoms with Crippen LogP contribution in [-0.2, 0) is 4.79 Å². The highest BCUT2D eigenvalue weighted by Crippen LogP contribution is 2.29. The van der Waals surface area contributed by atoms with Gasteiger partial charge in [-0.3, -0.25) is 4.79 Å². The van der Waals surface area contributed by atoms with Crippen LogP contribution in [0.1, 0.15) is 39.5 Å². The number of carboxylic acids is 1. The first-order valence-corrected chi connectivity index (χ1v) is 6.12. The van der Waals surface area contributed by atoms with E-state index in [1.165, 1.54) is 6.42 Å². The third kappa shape index (κ3) is 4.49. The van der Waals surface area contributed by atoms with Gasteiger partial charge < -0.3 is 15.5 Å². The Morgan fingerprint density at radius 2 is 2.06 bits per heavy atom. The molecule has 0 saturated heterocycles. The number of aliphatic hydroxyl groups is 1. The molecule has 1 aliphatic rings. The van der Waals surface area contributed by atoms with E-state index in [2.05, 4.69) is 19.2 Å². The van der Waals surface area contributed by atoms with Gasteiger partial charge >= 0.3 is 5.97 Å². The minimum Gasteiger partial charge on any atom is -0.481 e. The summed E-state index contributed by atoms with van der Waals surface area (Å²) in [5.41, 5.74) is 0. The Kier molecular flexibility index (Phi) is 5.22. The zero-order chi connectivity index (χ0) is 12.1. The number of nitrogens with one attached hydrogen (secondary N) is 1. The quantitative estimate of drug-likeness (QED) is 0.663. The first-order valence-electron chi connectivity index (χ1n) is 6.12. The van der Waals surface area contributed by atoms with Crippen LogP contribution < -0.4 is 5.32 Å². The molecule has 0 heterocycles. The molecule has 1 rings (SSSR count). The van der Waals surface area contributed by atoms with Crippen LogP contribution in [-0.4, -0.2) is 34.9 Å². The molecule has 0 spiro atoms. The molecule has 4 nitrogen and oxygen atoms in total. The maximum atomic E-state index is 10.4. The normalized spacial score (nSPS) is 32.3. The number of hydrogen-bond donors (Lipinski definition) is 3. The largest absolute Gasteiger partial charge is 0.481 e. The van der Waals surface area contributed by atoms with Gasteiger partial charge in [0.25, 0.3) is 0 Å². The SMILES string of the molecule is CC1CCC(NCC(O)CC(=O)O)CC1C. The molecule has 0 aromatic heterocycles. The average Bonchev–Trinajstić information content (AvgIpc) is 2.19. The van der Waals surface area contributed by atoms with Gasteiger partial charge in [0, 0.05) is 12.6 Å². The molecule has 0 amide bonds. The van der Waals surface area contributed by atoms with Crippen LogP contribution in [0.2, 0.25) is 0 Å². The van der Waals surface area contributed by atoms with Gasteiger partial charge in [-0.25, -0.2) is 0 Å². The van der Waals surface area contributed by atoms with Crippen molar-refractivity contribution in [2.24, 2.45) is 11.8 Å². The molecule has 3 N–H and O–H groups in total. The summed E-state index contributed by atoms with van der Waals surface area (Å²) in [4.78, 5) is 10.4. The van der Waals surface area contributed by atoms with Crippen molar-refractivity contribution in [3.05, 3.63) is 0 Å². The Morgan fingerprint density at radius 3 is 2.62 bits per heavy atom. The molecule has 94 valence electrons. The molecule has 0 radical (unpaired) electrons. The van der Waals surface area contributed by atoms with E-state index in [0.29, 0.717) is 18.5 Å². The molecule has 1 aliphatic carbocycles. The minimum atomic E-state index is -0.945. The Labute approximate surface area is 97.0 Å². The second-order valence-electron chi connectivity index (χ2n) is 5.12. The van der Waals surface area contributed by atoms with E-state index in [1.54, 1.807) is 0 Å². The highest BCUT2D eigenvalue weighted by atomic mass is 16.4. The molecule has 4 unspecified atom stereocenters. The van der Waals surface area contributed by atoms with Crippen LogP contribution in [0.4, 0.5) is 0 Å². The lowest BCUT2D eigenvalue weighted by molar-refractivity contribution is -0.139. The first-order chi connectivity index (χ1) is 7.49. The summed E-state index contributed by atoms with van der Waals surface area (Å²) in [7, 11) is 0. The number of rotatable bonds is 5. The van der Waals surface area contributed by atoms with Crippen molar-refractivity contribution in [3.8, 4) is 0 Å². The fraction of sp³-hybridized carbons (Fsp3) is 0.917. The van der Waals surface area contributed by atoms with Gasteiger partial charge in [-0.1, -0.05) is 13.8 Å². The summed E-state index contributed by atoms with van der Waals surface area (Å²) in [6.07, 6.45) is 2.53. The highest BCUT2D eigenvalue weighted by molar-refractivity contribution is 5.67. The maximum absolute atomic E-state index is 10.4. The van der Waals surface area contributed by atoms with Gasteiger partial charge in [0.15, 0.2) is 0 Å². The lowest BCUT2D eigenvalue weighted by Crippen LogP contribution is -2.40. The van der Waals surface area contributed by atoms with Crippen LogP contribution in [0.3, 0.4) is 0 Å². The second-order valence-corrected chi connectivity index (χ2v) is 5.12. The number of aliphatic hydroxyl groups excluding tert-OH is 1. The molecule has 16 heavy (non-hydrogen) atoms. The highest BCUT2D eigenvalue weighted by Gasteiger charge is 2.24. The topological polar surface area (TPSA) is 69.6 Å². The summed E-state index contributed by atoms with van der Waals surface area (Å²) >= 11 is 0. The van der Waals surface area contributed by atoms with Gasteiger partial charge in [-0.2, -0.15) is 0 Å². The second kappa shape index (κ2) is 6.21. The van der Waals surface area contributed by atoms with Crippen molar-refractivity contribution in [2.75, 3.05) is 6.54 Å². The van der Waals surface area contributed by atoms with Crippen LogP contribution in [0.15, 0.2) is 0 Å². The Morgan fingerprint density at radius 1 is 1.38 bits per heavy atom. The molecule has 0 bridgehead atoms. The zero-order valence-electron chi connectivity index (χ0n) is 10.1. The standard InChI is InChI=1S/C12H23NO3/c1-8-3-4-10(5-9(8)2)13-7-11(14)6-12(15)16/h8-11,13-14H,3-7H2,1-2H3,(H,15,16). The predicted octanol–water partition coefficient (Wildman–Crippen LogP) is 1.24. The number of carbonyl (C=O) groups is 1. The summed E-state index contributed by atoms with van der Waals surface area (Å²) in [6, 6.07) is 0.439. The molecule has 0 aromatic rings. The van der Waals surface area contributed by atoms with Crippen molar-refractivity contribution >= 4 is 5.97 Å². The molecular weight excluding hydrogens is 206 g/mol. The van der Waals surface area contributed by atoms with E-state index < -0.39 is 12.1 Å². The van der Waals surface area contributed by atoms with Crippen LogP contribution in [0, 0.1) is 11.8 Å². The first kappa shape index (κ1) is 13.5. The number of aliphatic carboxylic acids is 1. The fourth-order valence-corrected chi connectivity index (χ4v) is 2.31. The Bertz CT molecular complexity index is 232. The lowest BCUT2D eigenvalue weighted by atomic mass is 9.79. The van der Waals surface area contributed by atoms with Crippen molar-refractivity contribution in [3.63, 3.8) is 0 Å². The number of hydrogen-bond acceptors (Lipinski definition) is 3. The van der Waals surface area contributed by atoms with E-state index in [0.717, 1.165) is 18.8 Å². The van der Waals surface area contributed by atoms with E-state index in [-0.39, 0.29) is 6.42 Å². The zero-order valence-corrected chi connectivity index (χ0v) is 10.1. The van der Waals surface area contributed by atoms with Gasteiger partial charge in [-0.15, -0.1) is 0 Å². The molecule has 0 aromatic carbocycles. The molecule has 1 fully saturated rings. The fourth-order valence-electron chi connectivity index (χ4n) is 2.31. The smallest absolute Gasteiger partial charge is 0.306 e. The predicted molar refractivity (Wildman–Crippen MR) is 62.2 cm³/mol. The van der Waals surface area contributed by atoms with E-state index in [9.17, 15) is 9.90 Å². The third-order valence-electron chi connectivity index (χ3n) is 3.65. The van der Waals surface area contributed by atoms with Gasteiger partial charge in [0.05, 0.1) is 12.5 Å². The van der Waals surface area contributed by atoms with Gasteiger partial charge in [0.2, 0.25) is 0 Å². The van der Waals surface area contributed by atoms with Crippen LogP contribution >= 0.6 is 0 Å². The average molecular weight is 229 g/mol. The Hall–Kier alpha value is -0.610. The lowest BCUT2D eigenvalue weighted by Gasteiger charge is -2.33. The maximum Gasteiger partial charge on any atom is 0.306 e. The van der Waals surface area contributed by atoms with Crippen molar-refractivity contribution in [1.29, 1.82) is 0 Å². The van der Waals surface area contributed by atoms with E-state index in [4.69, 9.17) is 5.11 Å². The third-order valence-corrected chi connectivity index (χ3v) is 3.65. The molecule has 4 atom stereocenters. The van der Waals surface area contributed by atoms with Crippen LogP contribution in [0.25, 0.3) is 0 Å². The van der Waals surface area contributed by atoms with E-state index >= 15 is 0 Å². The van der Waals surface area contributed by atoms with Crippen molar-refractivity contribution in [2.45, 2.75) is 51.7 Å².